The molecule has 2 N–H and O–H groups in total. The van der Waals surface area contributed by atoms with Crippen molar-refractivity contribution in [3.8, 4) is 0 Å². The minimum Gasteiger partial charge on any atom is -0.326 e. The molecule has 1 saturated heterocycles. The fourth-order valence-corrected chi connectivity index (χ4v) is 5.11. The van der Waals surface area contributed by atoms with E-state index in [9.17, 15) is 14.2 Å². The van der Waals surface area contributed by atoms with E-state index < -0.39 is 25.7 Å². The topological polar surface area (TPSA) is 119 Å². The highest BCUT2D eigenvalue weighted by Gasteiger charge is 2.39. The monoisotopic (exact) mass is 502 g/mol. The second-order valence-electron chi connectivity index (χ2n) is 7.78. The molecule has 2 aromatic rings. The van der Waals surface area contributed by atoms with Crippen LogP contribution in [-0.2, 0) is 25.1 Å². The summed E-state index contributed by atoms with van der Waals surface area (Å²) < 4.78 is 23.6. The summed E-state index contributed by atoms with van der Waals surface area (Å²) in [5.41, 5.74) is 2.50. The van der Waals surface area contributed by atoms with Gasteiger partial charge in [0.2, 0.25) is 0 Å². The fourth-order valence-electron chi connectivity index (χ4n) is 3.41. The number of urea groups is 2. The number of hydroxylamine groups is 2. The van der Waals surface area contributed by atoms with Gasteiger partial charge < -0.3 is 19.7 Å². The molecule has 1 aliphatic heterocycles. The van der Waals surface area contributed by atoms with Crippen LogP contribution in [0.3, 0.4) is 0 Å². The average molecular weight is 503 g/mol. The van der Waals surface area contributed by atoms with Crippen LogP contribution in [0.15, 0.2) is 59.6 Å². The molecule has 1 heterocycles. The van der Waals surface area contributed by atoms with E-state index in [0.29, 0.717) is 5.69 Å². The van der Waals surface area contributed by atoms with Crippen molar-refractivity contribution < 1.29 is 28.0 Å². The molecule has 10 nitrogen and oxygen atoms in total. The Balaban J connectivity index is 1.79. The molecule has 0 aromatic heterocycles. The SMILES string of the molecule is CCOP(=O)(CCC1NC(=O)N(OCc2ccc(C)cc2)/C1=N\C(=O)Nc1ccccc1)OCC. The molecule has 2 aromatic carbocycles. The maximum Gasteiger partial charge on any atom is 0.348 e. The molecule has 0 radical (unpaired) electrons. The number of aryl methyl sites for hydroxylation is 1. The second-order valence-corrected chi connectivity index (χ2v) is 9.97. The molecule has 1 fully saturated rings. The minimum absolute atomic E-state index is 0.0325. The van der Waals surface area contributed by atoms with Gasteiger partial charge in [0.25, 0.3) is 0 Å². The number of aliphatic imine (C=N–C) groups is 1. The molecule has 1 atom stereocenters. The number of hydrogen-bond acceptors (Lipinski definition) is 6. The van der Waals surface area contributed by atoms with Crippen molar-refractivity contribution >= 4 is 31.2 Å². The zero-order valence-corrected chi connectivity index (χ0v) is 21.0. The van der Waals surface area contributed by atoms with Crippen LogP contribution in [0.4, 0.5) is 15.3 Å². The molecule has 1 unspecified atom stereocenters. The standard InChI is InChI=1S/C24H31N4O6P/c1-4-33-35(31,34-5-2)16-15-21-22(27-23(29)25-20-9-7-6-8-10-20)28(24(30)26-21)32-17-19-13-11-18(3)12-14-19/h6-14,21H,4-5,15-17H2,1-3H3,(H,25,29)(H,26,30)/b27-22-. The van der Waals surface area contributed by atoms with E-state index in [1.807, 2.05) is 37.3 Å². The molecular formula is C24H31N4O6P. The number of hydrogen-bond donors (Lipinski definition) is 2. The molecule has 3 rings (SSSR count). The quantitative estimate of drug-likeness (QED) is 0.413. The normalized spacial score (nSPS) is 17.0. The van der Waals surface area contributed by atoms with Crippen LogP contribution in [0.1, 0.15) is 31.4 Å². The van der Waals surface area contributed by atoms with Gasteiger partial charge in [-0.25, -0.2) is 9.59 Å². The van der Waals surface area contributed by atoms with Gasteiger partial charge in [-0.1, -0.05) is 48.0 Å². The number of carbonyl (C=O) groups excluding carboxylic acids is 2. The number of nitrogens with one attached hydrogen (secondary N) is 2. The molecule has 4 amide bonds. The Bertz CT molecular complexity index is 1070. The van der Waals surface area contributed by atoms with Crippen LogP contribution in [0.2, 0.25) is 0 Å². The smallest absolute Gasteiger partial charge is 0.326 e. The van der Waals surface area contributed by atoms with E-state index >= 15 is 0 Å². The number of rotatable bonds is 11. The van der Waals surface area contributed by atoms with Crippen molar-refractivity contribution in [2.75, 3.05) is 24.7 Å². The van der Waals surface area contributed by atoms with E-state index in [4.69, 9.17) is 13.9 Å². The Hall–Kier alpha value is -3.04. The number of nitrogens with zero attached hydrogens (tertiary/aromatic N) is 2. The Kier molecular flexibility index (Phi) is 9.56. The first-order valence-corrected chi connectivity index (χ1v) is 13.2. The predicted octanol–water partition coefficient (Wildman–Crippen LogP) is 5.11. The molecule has 1 aliphatic rings. The van der Waals surface area contributed by atoms with E-state index in [1.54, 1.807) is 38.1 Å². The van der Waals surface area contributed by atoms with Crippen LogP contribution in [0.5, 0.6) is 0 Å². The fraction of sp³-hybridized carbons (Fsp3) is 0.375. The number of amides is 4. The van der Waals surface area contributed by atoms with Crippen molar-refractivity contribution in [3.05, 3.63) is 65.7 Å². The number of amidine groups is 1. The number of anilines is 1. The predicted molar refractivity (Wildman–Crippen MR) is 133 cm³/mol. The highest BCUT2D eigenvalue weighted by Crippen LogP contribution is 2.48. The highest BCUT2D eigenvalue weighted by molar-refractivity contribution is 7.53. The maximum atomic E-state index is 12.9. The zero-order valence-electron chi connectivity index (χ0n) is 20.1. The van der Waals surface area contributed by atoms with Gasteiger partial charge in [0.15, 0.2) is 5.84 Å². The van der Waals surface area contributed by atoms with Gasteiger partial charge >= 0.3 is 19.7 Å². The summed E-state index contributed by atoms with van der Waals surface area (Å²) in [6, 6.07) is 14.5. The summed E-state index contributed by atoms with van der Waals surface area (Å²) in [5, 5.41) is 6.38. The summed E-state index contributed by atoms with van der Waals surface area (Å²) in [6.07, 6.45) is 0.204. The summed E-state index contributed by atoms with van der Waals surface area (Å²) in [4.78, 5) is 35.2. The summed E-state index contributed by atoms with van der Waals surface area (Å²) in [7, 11) is -3.36. The van der Waals surface area contributed by atoms with E-state index in [-0.39, 0.29) is 38.2 Å². The van der Waals surface area contributed by atoms with Gasteiger partial charge in [0, 0.05) is 5.69 Å². The lowest BCUT2D eigenvalue weighted by Gasteiger charge is -2.20. The van der Waals surface area contributed by atoms with Crippen LogP contribution in [0.25, 0.3) is 0 Å². The number of benzene rings is 2. The van der Waals surface area contributed by atoms with Crippen LogP contribution in [-0.4, -0.2) is 48.4 Å². The Labute approximate surface area is 205 Å². The molecule has 0 spiro atoms. The zero-order chi connectivity index (χ0) is 25.3. The summed E-state index contributed by atoms with van der Waals surface area (Å²) in [6.45, 7) is 5.97. The molecule has 35 heavy (non-hydrogen) atoms. The molecule has 0 aliphatic carbocycles. The summed E-state index contributed by atoms with van der Waals surface area (Å²) in [5.74, 6) is 0.0649. The first-order chi connectivity index (χ1) is 16.8. The van der Waals surface area contributed by atoms with E-state index in [0.717, 1.165) is 16.2 Å². The Morgan fingerprint density at radius 3 is 2.37 bits per heavy atom. The third kappa shape index (κ3) is 7.73. The minimum atomic E-state index is -3.36. The lowest BCUT2D eigenvalue weighted by atomic mass is 10.2. The van der Waals surface area contributed by atoms with Crippen molar-refractivity contribution in [1.82, 2.24) is 10.4 Å². The molecule has 0 saturated carbocycles. The first-order valence-electron chi connectivity index (χ1n) is 11.5. The van der Waals surface area contributed by atoms with Crippen LogP contribution in [0, 0.1) is 6.92 Å². The lowest BCUT2D eigenvalue weighted by molar-refractivity contribution is -0.0677. The number of para-hydroxylation sites is 1. The van der Waals surface area contributed by atoms with E-state index in [2.05, 4.69) is 15.6 Å². The first kappa shape index (κ1) is 26.6. The van der Waals surface area contributed by atoms with Gasteiger partial charge in [-0.2, -0.15) is 10.1 Å². The van der Waals surface area contributed by atoms with Gasteiger partial charge in [-0.3, -0.25) is 9.40 Å². The summed E-state index contributed by atoms with van der Waals surface area (Å²) >= 11 is 0. The van der Waals surface area contributed by atoms with Crippen molar-refractivity contribution in [2.24, 2.45) is 4.99 Å². The second kappa shape index (κ2) is 12.6. The van der Waals surface area contributed by atoms with Gasteiger partial charge in [0.05, 0.1) is 25.4 Å². The highest BCUT2D eigenvalue weighted by atomic mass is 31.2. The maximum absolute atomic E-state index is 12.9. The molecule has 0 bridgehead atoms. The third-order valence-corrected chi connectivity index (χ3v) is 7.18. The molecular weight excluding hydrogens is 471 g/mol. The average Bonchev–Trinajstić information content (AvgIpc) is 3.12. The van der Waals surface area contributed by atoms with Crippen molar-refractivity contribution in [2.45, 2.75) is 39.8 Å². The lowest BCUT2D eigenvalue weighted by Crippen LogP contribution is -2.34. The molecule has 188 valence electrons. The largest absolute Gasteiger partial charge is 0.348 e. The van der Waals surface area contributed by atoms with Crippen LogP contribution >= 0.6 is 7.60 Å². The van der Waals surface area contributed by atoms with Crippen molar-refractivity contribution in [1.29, 1.82) is 0 Å². The molecule has 11 heteroatoms. The van der Waals surface area contributed by atoms with Gasteiger partial charge in [0.1, 0.15) is 6.61 Å². The van der Waals surface area contributed by atoms with Crippen LogP contribution < -0.4 is 10.6 Å². The number of carbonyl (C=O) groups is 2. The van der Waals surface area contributed by atoms with Gasteiger partial charge in [-0.05, 0) is 44.9 Å². The third-order valence-electron chi connectivity index (χ3n) is 5.07. The van der Waals surface area contributed by atoms with Crippen molar-refractivity contribution in [3.63, 3.8) is 0 Å². The Morgan fingerprint density at radius 1 is 1.09 bits per heavy atom. The van der Waals surface area contributed by atoms with E-state index in [1.165, 1.54) is 0 Å². The Morgan fingerprint density at radius 2 is 1.74 bits per heavy atom. The van der Waals surface area contributed by atoms with Gasteiger partial charge in [-0.15, -0.1) is 0 Å².